The van der Waals surface area contributed by atoms with Gasteiger partial charge in [0.15, 0.2) is 0 Å². The van der Waals surface area contributed by atoms with Crippen LogP contribution in [0.4, 0.5) is 0 Å². The third-order valence-corrected chi connectivity index (χ3v) is 6.25. The number of hydrogen-bond acceptors (Lipinski definition) is 3. The highest BCUT2D eigenvalue weighted by atomic mass is 32.2. The third-order valence-electron chi connectivity index (χ3n) is 4.98. The molecule has 0 aromatic carbocycles. The van der Waals surface area contributed by atoms with E-state index in [1.54, 1.807) is 0 Å². The minimum absolute atomic E-state index is 0.170. The quantitative estimate of drug-likeness (QED) is 0.230. The molecule has 0 bridgehead atoms. The summed E-state index contributed by atoms with van der Waals surface area (Å²) in [4.78, 5) is 0. The van der Waals surface area contributed by atoms with Crippen molar-refractivity contribution in [3.05, 3.63) is 0 Å². The topological polar surface area (TPSA) is 74.6 Å². The standard InChI is InChI=1S/C20H42O4S/c1-3-5-7-9-10-11-13-14-16-19(21)18-20(25(22,23)24)17-15-12-8-6-4-2/h19-21H,3-18H2,1-2H3,(H,22,23,24). The number of unbranched alkanes of at least 4 members (excludes halogenated alkanes) is 11. The van der Waals surface area contributed by atoms with Gasteiger partial charge in [0.2, 0.25) is 0 Å². The molecule has 0 amide bonds. The van der Waals surface area contributed by atoms with Crippen molar-refractivity contribution in [2.45, 2.75) is 128 Å². The Labute approximate surface area is 156 Å². The zero-order valence-corrected chi connectivity index (χ0v) is 17.4. The van der Waals surface area contributed by atoms with Crippen molar-refractivity contribution >= 4 is 10.1 Å². The van der Waals surface area contributed by atoms with Crippen LogP contribution in [0.1, 0.15) is 117 Å². The van der Waals surface area contributed by atoms with Gasteiger partial charge in [0.25, 0.3) is 10.1 Å². The Balaban J connectivity index is 3.88. The van der Waals surface area contributed by atoms with Gasteiger partial charge >= 0.3 is 0 Å². The smallest absolute Gasteiger partial charge is 0.267 e. The van der Waals surface area contributed by atoms with Crippen LogP contribution >= 0.6 is 0 Å². The van der Waals surface area contributed by atoms with Crippen LogP contribution in [0.3, 0.4) is 0 Å². The molecule has 0 rings (SSSR count). The van der Waals surface area contributed by atoms with Crippen LogP contribution in [0.25, 0.3) is 0 Å². The molecule has 0 aromatic heterocycles. The van der Waals surface area contributed by atoms with Crippen LogP contribution < -0.4 is 0 Å². The van der Waals surface area contributed by atoms with Crippen LogP contribution in [0, 0.1) is 0 Å². The highest BCUT2D eigenvalue weighted by molar-refractivity contribution is 7.86. The van der Waals surface area contributed by atoms with E-state index in [1.165, 1.54) is 38.5 Å². The van der Waals surface area contributed by atoms with E-state index in [-0.39, 0.29) is 6.42 Å². The summed E-state index contributed by atoms with van der Waals surface area (Å²) in [6, 6.07) is 0. The van der Waals surface area contributed by atoms with Gasteiger partial charge in [-0.2, -0.15) is 8.42 Å². The molecule has 0 fully saturated rings. The molecule has 0 aliphatic carbocycles. The monoisotopic (exact) mass is 378 g/mol. The van der Waals surface area contributed by atoms with Gasteiger partial charge in [0.1, 0.15) is 0 Å². The zero-order chi connectivity index (χ0) is 19.0. The molecule has 0 aliphatic heterocycles. The van der Waals surface area contributed by atoms with Crippen LogP contribution in [0.15, 0.2) is 0 Å². The summed E-state index contributed by atoms with van der Waals surface area (Å²) in [5, 5.41) is 9.31. The second-order valence-electron chi connectivity index (χ2n) is 7.49. The van der Waals surface area contributed by atoms with E-state index >= 15 is 0 Å². The van der Waals surface area contributed by atoms with Crippen molar-refractivity contribution in [2.24, 2.45) is 0 Å². The molecule has 4 nitrogen and oxygen atoms in total. The Morgan fingerprint density at radius 2 is 1.08 bits per heavy atom. The first-order valence-corrected chi connectivity index (χ1v) is 12.1. The average Bonchev–Trinajstić information content (AvgIpc) is 2.55. The van der Waals surface area contributed by atoms with Crippen molar-refractivity contribution in [2.75, 3.05) is 0 Å². The molecule has 0 aliphatic rings. The molecule has 2 atom stereocenters. The highest BCUT2D eigenvalue weighted by Gasteiger charge is 2.25. The summed E-state index contributed by atoms with van der Waals surface area (Å²) < 4.78 is 32.5. The van der Waals surface area contributed by atoms with E-state index < -0.39 is 21.5 Å². The summed E-state index contributed by atoms with van der Waals surface area (Å²) >= 11 is 0. The third kappa shape index (κ3) is 15.8. The van der Waals surface area contributed by atoms with Crippen LogP contribution in [-0.2, 0) is 10.1 Å². The maximum Gasteiger partial charge on any atom is 0.267 e. The van der Waals surface area contributed by atoms with Crippen molar-refractivity contribution in [1.29, 1.82) is 0 Å². The van der Waals surface area contributed by atoms with Crippen LogP contribution in [0.5, 0.6) is 0 Å². The van der Waals surface area contributed by atoms with E-state index in [4.69, 9.17) is 0 Å². The van der Waals surface area contributed by atoms with E-state index in [0.717, 1.165) is 44.9 Å². The fourth-order valence-corrected chi connectivity index (χ4v) is 4.23. The number of hydrogen-bond donors (Lipinski definition) is 2. The predicted molar refractivity (Wildman–Crippen MR) is 107 cm³/mol. The van der Waals surface area contributed by atoms with Crippen molar-refractivity contribution in [3.63, 3.8) is 0 Å². The molecule has 5 heteroatoms. The maximum absolute atomic E-state index is 11.5. The fraction of sp³-hybridized carbons (Fsp3) is 1.00. The molecule has 2 N–H and O–H groups in total. The Hall–Kier alpha value is -0.130. The Morgan fingerprint density at radius 3 is 1.52 bits per heavy atom. The fourth-order valence-electron chi connectivity index (χ4n) is 3.30. The SMILES string of the molecule is CCCCCCCCCCC(O)CC(CCCCCCC)S(=O)(=O)O. The van der Waals surface area contributed by atoms with Crippen molar-refractivity contribution in [1.82, 2.24) is 0 Å². The Morgan fingerprint density at radius 1 is 0.680 bits per heavy atom. The minimum atomic E-state index is -4.06. The summed E-state index contributed by atoms with van der Waals surface area (Å²) in [6.45, 7) is 4.36. The molecule has 0 saturated carbocycles. The first kappa shape index (κ1) is 24.9. The molecule has 25 heavy (non-hydrogen) atoms. The summed E-state index contributed by atoms with van der Waals surface area (Å²) in [5.74, 6) is 0. The lowest BCUT2D eigenvalue weighted by molar-refractivity contribution is 0.146. The number of aliphatic hydroxyl groups is 1. The van der Waals surface area contributed by atoms with Crippen molar-refractivity contribution < 1.29 is 18.1 Å². The van der Waals surface area contributed by atoms with Gasteiger partial charge in [-0.3, -0.25) is 4.55 Å². The van der Waals surface area contributed by atoms with Gasteiger partial charge in [0, 0.05) is 0 Å². The Bertz CT molecular complexity index is 381. The minimum Gasteiger partial charge on any atom is -0.393 e. The normalized spacial score (nSPS) is 14.6. The van der Waals surface area contributed by atoms with Gasteiger partial charge in [0.05, 0.1) is 11.4 Å². The largest absolute Gasteiger partial charge is 0.393 e. The van der Waals surface area contributed by atoms with E-state index in [0.29, 0.717) is 12.8 Å². The first-order chi connectivity index (χ1) is 11.9. The molecule has 0 saturated heterocycles. The summed E-state index contributed by atoms with van der Waals surface area (Å²) in [5.41, 5.74) is 0. The second kappa shape index (κ2) is 16.1. The average molecular weight is 379 g/mol. The van der Waals surface area contributed by atoms with E-state index in [1.807, 2.05) is 0 Å². The molecule has 0 spiro atoms. The molecular formula is C20H42O4S. The zero-order valence-electron chi connectivity index (χ0n) is 16.6. The molecule has 0 heterocycles. The van der Waals surface area contributed by atoms with Crippen LogP contribution in [-0.4, -0.2) is 29.4 Å². The molecule has 2 unspecified atom stereocenters. The maximum atomic E-state index is 11.5. The lowest BCUT2D eigenvalue weighted by Gasteiger charge is -2.18. The molecular weight excluding hydrogens is 336 g/mol. The van der Waals surface area contributed by atoms with E-state index in [9.17, 15) is 18.1 Å². The van der Waals surface area contributed by atoms with Crippen molar-refractivity contribution in [3.8, 4) is 0 Å². The van der Waals surface area contributed by atoms with Gasteiger partial charge in [-0.05, 0) is 19.3 Å². The number of rotatable bonds is 18. The van der Waals surface area contributed by atoms with Gasteiger partial charge in [-0.15, -0.1) is 0 Å². The van der Waals surface area contributed by atoms with Gasteiger partial charge in [-0.25, -0.2) is 0 Å². The lowest BCUT2D eigenvalue weighted by Crippen LogP contribution is -2.26. The summed E-state index contributed by atoms with van der Waals surface area (Å²) in [7, 11) is -4.06. The molecule has 0 radical (unpaired) electrons. The van der Waals surface area contributed by atoms with Gasteiger partial charge < -0.3 is 5.11 Å². The van der Waals surface area contributed by atoms with Crippen LogP contribution in [0.2, 0.25) is 0 Å². The lowest BCUT2D eigenvalue weighted by atomic mass is 10.0. The first-order valence-electron chi connectivity index (χ1n) is 10.6. The molecule has 152 valence electrons. The Kier molecular flexibility index (Phi) is 16.0. The summed E-state index contributed by atoms with van der Waals surface area (Å²) in [6.07, 6.45) is 15.5. The molecule has 0 aromatic rings. The van der Waals surface area contributed by atoms with Gasteiger partial charge in [-0.1, -0.05) is 97.3 Å². The highest BCUT2D eigenvalue weighted by Crippen LogP contribution is 2.19. The second-order valence-corrected chi connectivity index (χ2v) is 9.19. The predicted octanol–water partition coefficient (Wildman–Crippen LogP) is 5.89. The van der Waals surface area contributed by atoms with E-state index in [2.05, 4.69) is 13.8 Å². The number of aliphatic hydroxyl groups excluding tert-OH is 1.